The molecule has 1 aliphatic heterocycles. The van der Waals surface area contributed by atoms with E-state index in [0.717, 1.165) is 16.2 Å². The van der Waals surface area contributed by atoms with Crippen molar-refractivity contribution in [3.63, 3.8) is 0 Å². The Labute approximate surface area is 152 Å². The van der Waals surface area contributed by atoms with Gasteiger partial charge in [0.2, 0.25) is 0 Å². The molecule has 26 heavy (non-hydrogen) atoms. The zero-order valence-electron chi connectivity index (χ0n) is 14.2. The topological polar surface area (TPSA) is 83.8 Å². The third-order valence-electron chi connectivity index (χ3n) is 4.63. The number of hydrogen-bond donors (Lipinski definition) is 1. The molecule has 7 nitrogen and oxygen atoms in total. The van der Waals surface area contributed by atoms with Crippen LogP contribution in [-0.2, 0) is 16.9 Å². The second-order valence-electron chi connectivity index (χ2n) is 6.40. The van der Waals surface area contributed by atoms with E-state index in [9.17, 15) is 14.4 Å². The van der Waals surface area contributed by atoms with Crippen LogP contribution in [-0.4, -0.2) is 26.2 Å². The lowest BCUT2D eigenvalue weighted by atomic mass is 9.95. The van der Waals surface area contributed by atoms with E-state index < -0.39 is 11.6 Å². The average molecular weight is 368 g/mol. The molecule has 1 N–H and O–H groups in total. The average Bonchev–Trinajstić information content (AvgIpc) is 3.19. The minimum absolute atomic E-state index is 0.0515. The van der Waals surface area contributed by atoms with Crippen LogP contribution in [0.2, 0.25) is 0 Å². The highest BCUT2D eigenvalue weighted by Gasteiger charge is 2.49. The van der Waals surface area contributed by atoms with Crippen LogP contribution in [0.3, 0.4) is 0 Å². The Hall–Kier alpha value is -3.00. The molecule has 0 radical (unpaired) electrons. The predicted octanol–water partition coefficient (Wildman–Crippen LogP) is 2.03. The Morgan fingerprint density at radius 3 is 2.77 bits per heavy atom. The van der Waals surface area contributed by atoms with Crippen LogP contribution in [0, 0.1) is 6.92 Å². The number of aryl methyl sites for hydroxylation is 1. The van der Waals surface area contributed by atoms with Crippen molar-refractivity contribution in [2.75, 3.05) is 0 Å². The van der Waals surface area contributed by atoms with Crippen LogP contribution < -0.4 is 10.9 Å². The van der Waals surface area contributed by atoms with Gasteiger partial charge in [0.1, 0.15) is 11.2 Å². The molecule has 1 unspecified atom stereocenters. The van der Waals surface area contributed by atoms with Crippen molar-refractivity contribution in [3.8, 4) is 0 Å². The van der Waals surface area contributed by atoms with E-state index in [-0.39, 0.29) is 18.0 Å². The monoisotopic (exact) mass is 368 g/mol. The number of carbonyl (C=O) groups is 2. The predicted molar refractivity (Wildman–Crippen MR) is 97.0 cm³/mol. The van der Waals surface area contributed by atoms with Crippen LogP contribution in [0.25, 0.3) is 5.65 Å². The summed E-state index contributed by atoms with van der Waals surface area (Å²) in [5.41, 5.74) is 1.03. The Kier molecular flexibility index (Phi) is 3.66. The van der Waals surface area contributed by atoms with Crippen molar-refractivity contribution < 1.29 is 9.59 Å². The molecule has 3 aromatic rings. The fraction of sp³-hybridized carbons (Fsp3) is 0.222. The van der Waals surface area contributed by atoms with Crippen molar-refractivity contribution in [3.05, 3.63) is 68.4 Å². The van der Waals surface area contributed by atoms with Gasteiger partial charge in [-0.1, -0.05) is 6.07 Å². The largest absolute Gasteiger partial charge is 0.325 e. The second-order valence-corrected chi connectivity index (χ2v) is 7.18. The number of carbonyl (C=O) groups excluding carboxylic acids is 2. The first-order chi connectivity index (χ1) is 12.4. The molecule has 132 valence electrons. The molecule has 1 fully saturated rings. The van der Waals surface area contributed by atoms with Crippen molar-refractivity contribution >= 4 is 28.9 Å². The van der Waals surface area contributed by atoms with Gasteiger partial charge in [-0.3, -0.25) is 18.9 Å². The molecule has 1 aliphatic rings. The summed E-state index contributed by atoms with van der Waals surface area (Å²) in [6.07, 6.45) is 0. The molecule has 0 spiro atoms. The Morgan fingerprint density at radius 1 is 1.23 bits per heavy atom. The van der Waals surface area contributed by atoms with Crippen LogP contribution in [0.1, 0.15) is 23.9 Å². The number of thiophene rings is 1. The maximum absolute atomic E-state index is 12.9. The summed E-state index contributed by atoms with van der Waals surface area (Å²) < 4.78 is 1.49. The van der Waals surface area contributed by atoms with Gasteiger partial charge >= 0.3 is 6.03 Å². The van der Waals surface area contributed by atoms with Crippen LogP contribution in [0.5, 0.6) is 0 Å². The number of hydrogen-bond acceptors (Lipinski definition) is 5. The molecule has 0 saturated carbocycles. The number of imide groups is 1. The van der Waals surface area contributed by atoms with E-state index in [1.54, 1.807) is 13.0 Å². The molecule has 3 aromatic heterocycles. The molecule has 3 amide bonds. The highest BCUT2D eigenvalue weighted by Crippen LogP contribution is 2.30. The minimum atomic E-state index is -1.10. The normalized spacial score (nSPS) is 20.0. The number of nitrogens with one attached hydrogen (secondary N) is 1. The molecule has 0 bridgehead atoms. The maximum Gasteiger partial charge on any atom is 0.325 e. The molecule has 4 rings (SSSR count). The van der Waals surface area contributed by atoms with Crippen LogP contribution in [0.15, 0.2) is 45.9 Å². The summed E-state index contributed by atoms with van der Waals surface area (Å²) in [6, 6.07) is 8.03. The third-order valence-corrected chi connectivity index (χ3v) is 5.31. The lowest BCUT2D eigenvalue weighted by Crippen LogP contribution is -2.40. The van der Waals surface area contributed by atoms with E-state index in [0.29, 0.717) is 11.3 Å². The SMILES string of the molecule is Cc1cccc2nc(CN3C(=O)NC(C)(c4ccsc4)C3=O)cc(=O)n12. The molecule has 1 atom stereocenters. The Bertz CT molecular complexity index is 1090. The van der Waals surface area contributed by atoms with Gasteiger partial charge in [-0.2, -0.15) is 11.3 Å². The van der Waals surface area contributed by atoms with E-state index in [1.165, 1.54) is 21.8 Å². The van der Waals surface area contributed by atoms with E-state index in [4.69, 9.17) is 0 Å². The number of urea groups is 1. The van der Waals surface area contributed by atoms with Gasteiger partial charge in [0.05, 0.1) is 12.2 Å². The fourth-order valence-electron chi connectivity index (χ4n) is 3.19. The van der Waals surface area contributed by atoms with Crippen molar-refractivity contribution in [1.82, 2.24) is 19.6 Å². The minimum Gasteiger partial charge on any atom is -0.319 e. The highest BCUT2D eigenvalue weighted by atomic mass is 32.1. The maximum atomic E-state index is 12.9. The summed E-state index contributed by atoms with van der Waals surface area (Å²) in [4.78, 5) is 43.2. The van der Waals surface area contributed by atoms with Gasteiger partial charge < -0.3 is 5.32 Å². The molecular weight excluding hydrogens is 352 g/mol. The van der Waals surface area contributed by atoms with Gasteiger partial charge in [-0.25, -0.2) is 9.78 Å². The van der Waals surface area contributed by atoms with Crippen LogP contribution >= 0.6 is 11.3 Å². The summed E-state index contributed by atoms with van der Waals surface area (Å²) in [7, 11) is 0. The quantitative estimate of drug-likeness (QED) is 0.717. The highest BCUT2D eigenvalue weighted by molar-refractivity contribution is 7.08. The summed E-state index contributed by atoms with van der Waals surface area (Å²) in [6.45, 7) is 3.45. The first-order valence-electron chi connectivity index (χ1n) is 8.05. The van der Waals surface area contributed by atoms with Gasteiger partial charge in [0.15, 0.2) is 0 Å². The molecule has 0 aliphatic carbocycles. The van der Waals surface area contributed by atoms with Crippen molar-refractivity contribution in [2.24, 2.45) is 0 Å². The molecule has 0 aromatic carbocycles. The molecule has 4 heterocycles. The number of rotatable bonds is 3. The van der Waals surface area contributed by atoms with E-state index >= 15 is 0 Å². The van der Waals surface area contributed by atoms with Crippen LogP contribution in [0.4, 0.5) is 4.79 Å². The number of pyridine rings is 1. The summed E-state index contributed by atoms with van der Waals surface area (Å²) in [5.74, 6) is -0.354. The number of aromatic nitrogens is 2. The smallest absolute Gasteiger partial charge is 0.319 e. The standard InChI is InChI=1S/C18H16N4O3S/c1-11-4-3-5-14-19-13(8-15(23)22(11)14)9-21-16(24)18(2,20-17(21)25)12-6-7-26-10-12/h3-8,10H,9H2,1-2H3,(H,20,25). The third kappa shape index (κ3) is 2.41. The lowest BCUT2D eigenvalue weighted by Gasteiger charge is -2.20. The van der Waals surface area contributed by atoms with Gasteiger partial charge in [0, 0.05) is 11.8 Å². The molecule has 1 saturated heterocycles. The van der Waals surface area contributed by atoms with Crippen molar-refractivity contribution in [2.45, 2.75) is 25.9 Å². The summed E-state index contributed by atoms with van der Waals surface area (Å²) >= 11 is 1.46. The Balaban J connectivity index is 1.70. The number of amides is 3. The number of nitrogens with zero attached hydrogens (tertiary/aromatic N) is 3. The van der Waals surface area contributed by atoms with Gasteiger partial charge in [-0.05, 0) is 48.4 Å². The first-order valence-corrected chi connectivity index (χ1v) is 8.99. The van der Waals surface area contributed by atoms with Gasteiger partial charge in [-0.15, -0.1) is 0 Å². The van der Waals surface area contributed by atoms with E-state index in [2.05, 4.69) is 10.3 Å². The molecule has 8 heteroatoms. The Morgan fingerprint density at radius 2 is 2.04 bits per heavy atom. The van der Waals surface area contributed by atoms with Gasteiger partial charge in [0.25, 0.3) is 11.5 Å². The zero-order valence-corrected chi connectivity index (χ0v) is 15.0. The first kappa shape index (κ1) is 16.5. The fourth-order valence-corrected chi connectivity index (χ4v) is 3.96. The number of fused-ring (bicyclic) bond motifs is 1. The van der Waals surface area contributed by atoms with Crippen molar-refractivity contribution in [1.29, 1.82) is 0 Å². The second kappa shape index (κ2) is 5.77. The van der Waals surface area contributed by atoms with E-state index in [1.807, 2.05) is 35.9 Å². The zero-order chi connectivity index (χ0) is 18.5. The summed E-state index contributed by atoms with van der Waals surface area (Å²) in [5, 5.41) is 6.44. The molecular formula is C18H16N4O3S. The lowest BCUT2D eigenvalue weighted by molar-refractivity contribution is -0.131.